The van der Waals surface area contributed by atoms with Crippen LogP contribution in [0.4, 0.5) is 5.69 Å². The number of imide groups is 1. The molecular weight excluding hydrogens is 354 g/mol. The Morgan fingerprint density at radius 3 is 1.93 bits per heavy atom. The topological polar surface area (TPSA) is 74.7 Å². The van der Waals surface area contributed by atoms with Crippen LogP contribution in [-0.2, 0) is 14.4 Å². The fourth-order valence-corrected chi connectivity index (χ4v) is 3.62. The Morgan fingerprint density at radius 2 is 1.36 bits per heavy atom. The van der Waals surface area contributed by atoms with Gasteiger partial charge in [0.05, 0.1) is 5.69 Å². The summed E-state index contributed by atoms with van der Waals surface area (Å²) in [4.78, 5) is 37.9. The molecule has 0 unspecified atom stereocenters. The molecule has 1 aliphatic heterocycles. The highest BCUT2D eigenvalue weighted by molar-refractivity contribution is 6.32. The molecule has 1 heterocycles. The molecule has 5 heteroatoms. The minimum Gasteiger partial charge on any atom is -0.481 e. The summed E-state index contributed by atoms with van der Waals surface area (Å²) in [7, 11) is 0. The molecule has 0 bridgehead atoms. The van der Waals surface area contributed by atoms with Crippen molar-refractivity contribution < 1.29 is 19.5 Å². The van der Waals surface area contributed by atoms with Crippen LogP contribution in [0.3, 0.4) is 0 Å². The molecule has 1 aliphatic rings. The molecular formula is C23H31NO4. The molecule has 0 spiro atoms. The van der Waals surface area contributed by atoms with Crippen LogP contribution in [0, 0.1) is 0 Å². The molecule has 0 aromatic heterocycles. The SMILES string of the molecule is CCCCCCCCCCC1=C(CCC(=O)O)C(=O)N(c2ccccc2)C1=O. The van der Waals surface area contributed by atoms with E-state index in [1.54, 1.807) is 24.3 Å². The Kier molecular flexibility index (Phi) is 8.92. The summed E-state index contributed by atoms with van der Waals surface area (Å²) in [5, 5.41) is 9.00. The first kappa shape index (κ1) is 21.9. The van der Waals surface area contributed by atoms with Gasteiger partial charge in [-0.2, -0.15) is 0 Å². The highest BCUT2D eigenvalue weighted by Crippen LogP contribution is 2.32. The van der Waals surface area contributed by atoms with Crippen molar-refractivity contribution in [1.29, 1.82) is 0 Å². The Morgan fingerprint density at radius 1 is 0.821 bits per heavy atom. The summed E-state index contributed by atoms with van der Waals surface area (Å²) < 4.78 is 0. The summed E-state index contributed by atoms with van der Waals surface area (Å²) in [5.41, 5.74) is 1.41. The zero-order valence-electron chi connectivity index (χ0n) is 16.8. The molecule has 2 amide bonds. The Balaban J connectivity index is 1.98. The lowest BCUT2D eigenvalue weighted by Crippen LogP contribution is -2.31. The Hall–Kier alpha value is -2.43. The number of anilines is 1. The summed E-state index contributed by atoms with van der Waals surface area (Å²) in [6, 6.07) is 8.84. The van der Waals surface area contributed by atoms with Gasteiger partial charge in [0.1, 0.15) is 0 Å². The van der Waals surface area contributed by atoms with Crippen LogP contribution in [0.15, 0.2) is 41.5 Å². The number of hydrogen-bond acceptors (Lipinski definition) is 3. The number of rotatable bonds is 13. The number of benzene rings is 1. The van der Waals surface area contributed by atoms with E-state index >= 15 is 0 Å². The van der Waals surface area contributed by atoms with Crippen molar-refractivity contribution >= 4 is 23.5 Å². The van der Waals surface area contributed by atoms with Gasteiger partial charge in [0, 0.05) is 17.6 Å². The molecule has 2 rings (SSSR count). The molecule has 0 saturated heterocycles. The van der Waals surface area contributed by atoms with Crippen LogP contribution in [-0.4, -0.2) is 22.9 Å². The number of amides is 2. The van der Waals surface area contributed by atoms with Crippen LogP contribution in [0.1, 0.15) is 77.6 Å². The van der Waals surface area contributed by atoms with E-state index < -0.39 is 5.97 Å². The molecule has 28 heavy (non-hydrogen) atoms. The van der Waals surface area contributed by atoms with E-state index in [9.17, 15) is 14.4 Å². The highest BCUT2D eigenvalue weighted by Gasteiger charge is 2.38. The van der Waals surface area contributed by atoms with Crippen molar-refractivity contribution in [3.63, 3.8) is 0 Å². The number of carboxylic acid groups (broad SMARTS) is 1. The fourth-order valence-electron chi connectivity index (χ4n) is 3.62. The highest BCUT2D eigenvalue weighted by atomic mass is 16.4. The average molecular weight is 386 g/mol. The molecule has 0 saturated carbocycles. The lowest BCUT2D eigenvalue weighted by Gasteiger charge is -2.15. The van der Waals surface area contributed by atoms with E-state index in [0.717, 1.165) is 19.3 Å². The van der Waals surface area contributed by atoms with Crippen molar-refractivity contribution in [2.24, 2.45) is 0 Å². The van der Waals surface area contributed by atoms with Gasteiger partial charge in [0.2, 0.25) is 0 Å². The second-order valence-electron chi connectivity index (χ2n) is 7.36. The lowest BCUT2D eigenvalue weighted by molar-refractivity contribution is -0.137. The van der Waals surface area contributed by atoms with E-state index in [0.29, 0.717) is 23.3 Å². The van der Waals surface area contributed by atoms with E-state index in [-0.39, 0.29) is 24.7 Å². The summed E-state index contributed by atoms with van der Waals surface area (Å²) >= 11 is 0. The van der Waals surface area contributed by atoms with Crippen molar-refractivity contribution in [3.05, 3.63) is 41.5 Å². The van der Waals surface area contributed by atoms with Gasteiger partial charge in [0.25, 0.3) is 11.8 Å². The van der Waals surface area contributed by atoms with Gasteiger partial charge in [0.15, 0.2) is 0 Å². The summed E-state index contributed by atoms with van der Waals surface area (Å²) in [6.07, 6.45) is 9.76. The predicted octanol–water partition coefficient (Wildman–Crippen LogP) is 5.25. The first-order valence-corrected chi connectivity index (χ1v) is 10.4. The molecule has 0 atom stereocenters. The van der Waals surface area contributed by atoms with Gasteiger partial charge >= 0.3 is 5.97 Å². The maximum Gasteiger partial charge on any atom is 0.303 e. The number of carbonyl (C=O) groups excluding carboxylic acids is 2. The van der Waals surface area contributed by atoms with Crippen LogP contribution in [0.25, 0.3) is 0 Å². The molecule has 0 aliphatic carbocycles. The normalized spacial score (nSPS) is 14.2. The first-order chi connectivity index (χ1) is 13.6. The van der Waals surface area contributed by atoms with Crippen LogP contribution >= 0.6 is 0 Å². The number of para-hydroxylation sites is 1. The molecule has 1 aromatic rings. The third-order valence-corrected chi connectivity index (χ3v) is 5.17. The smallest absolute Gasteiger partial charge is 0.303 e. The monoisotopic (exact) mass is 385 g/mol. The molecule has 0 fully saturated rings. The summed E-state index contributed by atoms with van der Waals surface area (Å²) in [6.45, 7) is 2.20. The van der Waals surface area contributed by atoms with Crippen molar-refractivity contribution in [2.75, 3.05) is 4.90 Å². The van der Waals surface area contributed by atoms with Gasteiger partial charge < -0.3 is 5.11 Å². The Bertz CT molecular complexity index is 709. The quantitative estimate of drug-likeness (QED) is 0.372. The predicted molar refractivity (Wildman–Crippen MR) is 110 cm³/mol. The second kappa shape index (κ2) is 11.4. The number of unbranched alkanes of at least 4 members (excludes halogenated alkanes) is 7. The minimum absolute atomic E-state index is 0.107. The molecule has 5 nitrogen and oxygen atoms in total. The number of carbonyl (C=O) groups is 3. The second-order valence-corrected chi connectivity index (χ2v) is 7.36. The van der Waals surface area contributed by atoms with Gasteiger partial charge in [-0.3, -0.25) is 14.4 Å². The van der Waals surface area contributed by atoms with Gasteiger partial charge in [-0.25, -0.2) is 4.90 Å². The molecule has 1 aromatic carbocycles. The number of hydrogen-bond donors (Lipinski definition) is 1. The number of carboxylic acids is 1. The fraction of sp³-hybridized carbons (Fsp3) is 0.522. The van der Waals surface area contributed by atoms with E-state index in [1.165, 1.54) is 37.0 Å². The maximum absolute atomic E-state index is 12.9. The number of nitrogens with zero attached hydrogens (tertiary/aromatic N) is 1. The van der Waals surface area contributed by atoms with Crippen molar-refractivity contribution in [1.82, 2.24) is 0 Å². The molecule has 152 valence electrons. The van der Waals surface area contributed by atoms with Crippen LogP contribution in [0.2, 0.25) is 0 Å². The largest absolute Gasteiger partial charge is 0.481 e. The molecule has 1 N–H and O–H groups in total. The standard InChI is InChI=1S/C23H31NO4/c1-2-3-4-5-6-7-8-12-15-19-20(16-17-21(25)26)23(28)24(22(19)27)18-13-10-9-11-14-18/h9-11,13-14H,2-8,12,15-17H2,1H3,(H,25,26). The summed E-state index contributed by atoms with van der Waals surface area (Å²) in [5.74, 6) is -1.62. The van der Waals surface area contributed by atoms with Gasteiger partial charge in [-0.15, -0.1) is 0 Å². The van der Waals surface area contributed by atoms with E-state index in [4.69, 9.17) is 5.11 Å². The first-order valence-electron chi connectivity index (χ1n) is 10.4. The average Bonchev–Trinajstić information content (AvgIpc) is 2.92. The van der Waals surface area contributed by atoms with Crippen LogP contribution < -0.4 is 4.90 Å². The van der Waals surface area contributed by atoms with Crippen LogP contribution in [0.5, 0.6) is 0 Å². The van der Waals surface area contributed by atoms with Gasteiger partial charge in [-0.05, 0) is 31.4 Å². The van der Waals surface area contributed by atoms with Gasteiger partial charge in [-0.1, -0.05) is 70.1 Å². The zero-order chi connectivity index (χ0) is 20.4. The third kappa shape index (κ3) is 6.04. The minimum atomic E-state index is -0.961. The van der Waals surface area contributed by atoms with E-state index in [1.807, 2.05) is 6.07 Å². The lowest BCUT2D eigenvalue weighted by atomic mass is 9.99. The van der Waals surface area contributed by atoms with Crippen molar-refractivity contribution in [3.8, 4) is 0 Å². The molecule has 0 radical (unpaired) electrons. The zero-order valence-corrected chi connectivity index (χ0v) is 16.8. The third-order valence-electron chi connectivity index (χ3n) is 5.17. The maximum atomic E-state index is 12.9. The number of aliphatic carboxylic acids is 1. The van der Waals surface area contributed by atoms with E-state index in [2.05, 4.69) is 6.92 Å². The Labute approximate surface area is 167 Å². The van der Waals surface area contributed by atoms with Crippen molar-refractivity contribution in [2.45, 2.75) is 77.6 Å².